The third-order valence-electron chi connectivity index (χ3n) is 4.21. The van der Waals surface area contributed by atoms with Crippen LogP contribution in [-0.2, 0) is 9.53 Å². The minimum absolute atomic E-state index is 0.140. The maximum atomic E-state index is 12.0. The van der Waals surface area contributed by atoms with E-state index in [0.717, 1.165) is 32.1 Å². The summed E-state index contributed by atoms with van der Waals surface area (Å²) in [6.45, 7) is 3.23. The fourth-order valence-electron chi connectivity index (χ4n) is 2.77. The van der Waals surface area contributed by atoms with Crippen molar-refractivity contribution in [2.45, 2.75) is 31.6 Å². The number of hydrogen-bond donors (Lipinski definition) is 2. The van der Waals surface area contributed by atoms with Gasteiger partial charge in [-0.3, -0.25) is 4.79 Å². The van der Waals surface area contributed by atoms with Crippen molar-refractivity contribution in [3.05, 3.63) is 29.8 Å². The molecule has 114 valence electrons. The smallest absolute Gasteiger partial charge is 0.220 e. The van der Waals surface area contributed by atoms with Crippen LogP contribution in [0.15, 0.2) is 24.3 Å². The maximum Gasteiger partial charge on any atom is 0.220 e. The lowest BCUT2D eigenvalue weighted by Crippen LogP contribution is -2.27. The van der Waals surface area contributed by atoms with Gasteiger partial charge in [-0.05, 0) is 36.8 Å². The molecule has 0 aromatic heterocycles. The molecule has 0 radical (unpaired) electrons. The Bertz CT molecular complexity index is 485. The minimum Gasteiger partial charge on any atom is -0.384 e. The molecule has 1 heterocycles. The second-order valence-corrected chi connectivity index (χ2v) is 6.09. The third-order valence-corrected chi connectivity index (χ3v) is 4.21. The molecule has 1 saturated carbocycles. The van der Waals surface area contributed by atoms with Crippen molar-refractivity contribution < 1.29 is 9.53 Å². The molecule has 1 amide bonds. The first kappa shape index (κ1) is 14.4. The number of benzene rings is 1. The van der Waals surface area contributed by atoms with Crippen LogP contribution in [0, 0.1) is 5.92 Å². The van der Waals surface area contributed by atoms with Crippen molar-refractivity contribution >= 4 is 11.6 Å². The van der Waals surface area contributed by atoms with Crippen molar-refractivity contribution in [2.24, 2.45) is 5.92 Å². The summed E-state index contributed by atoms with van der Waals surface area (Å²) >= 11 is 0. The van der Waals surface area contributed by atoms with Gasteiger partial charge in [0.2, 0.25) is 5.91 Å². The summed E-state index contributed by atoms with van der Waals surface area (Å²) in [6.07, 6.45) is 4.12. The molecule has 4 nitrogen and oxygen atoms in total. The van der Waals surface area contributed by atoms with Gasteiger partial charge in [0, 0.05) is 44.3 Å². The normalized spacial score (nSPS) is 19.9. The van der Waals surface area contributed by atoms with Gasteiger partial charge >= 0.3 is 0 Å². The van der Waals surface area contributed by atoms with E-state index < -0.39 is 0 Å². The van der Waals surface area contributed by atoms with E-state index in [1.807, 2.05) is 12.1 Å². The number of rotatable bonds is 8. The fourth-order valence-corrected chi connectivity index (χ4v) is 2.77. The standard InChI is InChI=1S/C17H24N2O2/c20-17(18-8-3-9-21-12-13-6-7-13)10-14-11-19-16-5-2-1-4-15(14)16/h1-2,4-5,13-14,19H,3,6-12H2,(H,18,20). The SMILES string of the molecule is O=C(CC1CNc2ccccc21)NCCCOCC1CC1. The van der Waals surface area contributed by atoms with Crippen LogP contribution >= 0.6 is 0 Å². The number of hydrogen-bond acceptors (Lipinski definition) is 3. The number of ether oxygens (including phenoxy) is 1. The molecule has 1 aliphatic heterocycles. The van der Waals surface area contributed by atoms with E-state index in [2.05, 4.69) is 22.8 Å². The van der Waals surface area contributed by atoms with Crippen molar-refractivity contribution in [1.29, 1.82) is 0 Å². The molecular weight excluding hydrogens is 264 g/mol. The average Bonchev–Trinajstić information content (AvgIpc) is 3.24. The van der Waals surface area contributed by atoms with Crippen LogP contribution in [0.25, 0.3) is 0 Å². The Kier molecular flexibility index (Phi) is 4.76. The Hall–Kier alpha value is -1.55. The summed E-state index contributed by atoms with van der Waals surface area (Å²) in [4.78, 5) is 12.0. The van der Waals surface area contributed by atoms with Gasteiger partial charge in [-0.1, -0.05) is 18.2 Å². The molecule has 1 aromatic carbocycles. The zero-order valence-electron chi connectivity index (χ0n) is 12.4. The van der Waals surface area contributed by atoms with Crippen molar-refractivity contribution in [1.82, 2.24) is 5.32 Å². The number of anilines is 1. The topological polar surface area (TPSA) is 50.4 Å². The molecule has 4 heteroatoms. The highest BCUT2D eigenvalue weighted by molar-refractivity contribution is 5.78. The van der Waals surface area contributed by atoms with Crippen LogP contribution < -0.4 is 10.6 Å². The second kappa shape index (κ2) is 6.94. The Labute approximate surface area is 126 Å². The summed E-state index contributed by atoms with van der Waals surface area (Å²) in [5, 5.41) is 6.35. The monoisotopic (exact) mass is 288 g/mol. The first-order valence-electron chi connectivity index (χ1n) is 8.00. The zero-order chi connectivity index (χ0) is 14.5. The minimum atomic E-state index is 0.140. The lowest BCUT2D eigenvalue weighted by Gasteiger charge is -2.10. The predicted molar refractivity (Wildman–Crippen MR) is 83.5 cm³/mol. The molecule has 1 atom stereocenters. The van der Waals surface area contributed by atoms with E-state index in [1.54, 1.807) is 0 Å². The number of amides is 1. The number of carbonyl (C=O) groups is 1. The molecule has 3 rings (SSSR count). The number of para-hydroxylation sites is 1. The first-order valence-corrected chi connectivity index (χ1v) is 8.00. The molecule has 2 aliphatic rings. The highest BCUT2D eigenvalue weighted by atomic mass is 16.5. The molecule has 1 fully saturated rings. The Morgan fingerprint density at radius 3 is 3.05 bits per heavy atom. The van der Waals surface area contributed by atoms with Gasteiger partial charge in [0.1, 0.15) is 0 Å². The van der Waals surface area contributed by atoms with E-state index in [1.165, 1.54) is 24.1 Å². The molecular formula is C17H24N2O2. The second-order valence-electron chi connectivity index (χ2n) is 6.09. The third kappa shape index (κ3) is 4.21. The van der Waals surface area contributed by atoms with Gasteiger partial charge in [-0.2, -0.15) is 0 Å². The lowest BCUT2D eigenvalue weighted by molar-refractivity contribution is -0.121. The summed E-state index contributed by atoms with van der Waals surface area (Å²) in [6, 6.07) is 8.24. The Morgan fingerprint density at radius 1 is 1.33 bits per heavy atom. The van der Waals surface area contributed by atoms with E-state index in [9.17, 15) is 4.79 Å². The van der Waals surface area contributed by atoms with Gasteiger partial charge in [0.05, 0.1) is 0 Å². The zero-order valence-corrected chi connectivity index (χ0v) is 12.4. The number of carbonyl (C=O) groups excluding carboxylic acids is 1. The fraction of sp³-hybridized carbons (Fsp3) is 0.588. The van der Waals surface area contributed by atoms with Crippen LogP contribution in [0.4, 0.5) is 5.69 Å². The van der Waals surface area contributed by atoms with Crippen LogP contribution in [-0.4, -0.2) is 32.2 Å². The summed E-state index contributed by atoms with van der Waals surface area (Å²) < 4.78 is 5.56. The highest BCUT2D eigenvalue weighted by Gasteiger charge is 2.23. The van der Waals surface area contributed by atoms with Gasteiger partial charge < -0.3 is 15.4 Å². The molecule has 0 bridgehead atoms. The predicted octanol–water partition coefficient (Wildman–Crippen LogP) is 2.52. The van der Waals surface area contributed by atoms with E-state index in [0.29, 0.717) is 18.9 Å². The van der Waals surface area contributed by atoms with E-state index in [-0.39, 0.29) is 5.91 Å². The average molecular weight is 288 g/mol. The molecule has 1 aromatic rings. The lowest BCUT2D eigenvalue weighted by atomic mass is 9.97. The number of fused-ring (bicyclic) bond motifs is 1. The molecule has 1 aliphatic carbocycles. The summed E-state index contributed by atoms with van der Waals surface area (Å²) in [7, 11) is 0. The maximum absolute atomic E-state index is 12.0. The van der Waals surface area contributed by atoms with Crippen LogP contribution in [0.3, 0.4) is 0 Å². The van der Waals surface area contributed by atoms with Crippen LogP contribution in [0.5, 0.6) is 0 Å². The van der Waals surface area contributed by atoms with Gasteiger partial charge in [-0.25, -0.2) is 0 Å². The molecule has 0 saturated heterocycles. The summed E-state index contributed by atoms with van der Waals surface area (Å²) in [5.41, 5.74) is 2.43. The van der Waals surface area contributed by atoms with E-state index in [4.69, 9.17) is 4.74 Å². The largest absolute Gasteiger partial charge is 0.384 e. The van der Waals surface area contributed by atoms with Crippen LogP contribution in [0.1, 0.15) is 37.2 Å². The van der Waals surface area contributed by atoms with Crippen molar-refractivity contribution in [3.63, 3.8) is 0 Å². The van der Waals surface area contributed by atoms with Crippen molar-refractivity contribution in [3.8, 4) is 0 Å². The molecule has 0 spiro atoms. The molecule has 2 N–H and O–H groups in total. The first-order chi connectivity index (χ1) is 10.3. The summed E-state index contributed by atoms with van der Waals surface area (Å²) in [5.74, 6) is 1.25. The van der Waals surface area contributed by atoms with Crippen molar-refractivity contribution in [2.75, 3.05) is 31.6 Å². The van der Waals surface area contributed by atoms with Crippen LogP contribution in [0.2, 0.25) is 0 Å². The highest BCUT2D eigenvalue weighted by Crippen LogP contribution is 2.33. The molecule has 1 unspecified atom stereocenters. The Morgan fingerprint density at radius 2 is 2.19 bits per heavy atom. The van der Waals surface area contributed by atoms with Gasteiger partial charge in [0.25, 0.3) is 0 Å². The number of nitrogens with one attached hydrogen (secondary N) is 2. The van der Waals surface area contributed by atoms with Gasteiger partial charge in [0.15, 0.2) is 0 Å². The van der Waals surface area contributed by atoms with E-state index >= 15 is 0 Å². The quantitative estimate of drug-likeness (QED) is 0.723. The van der Waals surface area contributed by atoms with Gasteiger partial charge in [-0.15, -0.1) is 0 Å². The Balaban J connectivity index is 1.31. The molecule has 21 heavy (non-hydrogen) atoms.